The lowest BCUT2D eigenvalue weighted by atomic mass is 10.1. The summed E-state index contributed by atoms with van der Waals surface area (Å²) in [4.78, 5) is 8.26. The molecule has 22 heavy (non-hydrogen) atoms. The van der Waals surface area contributed by atoms with Gasteiger partial charge in [0, 0.05) is 6.54 Å². The first-order valence-electron chi connectivity index (χ1n) is 7.29. The van der Waals surface area contributed by atoms with Gasteiger partial charge in [0.05, 0.1) is 0 Å². The Balaban J connectivity index is 1.88. The van der Waals surface area contributed by atoms with E-state index in [9.17, 15) is 0 Å². The summed E-state index contributed by atoms with van der Waals surface area (Å²) >= 11 is 0. The first-order chi connectivity index (χ1) is 10.8. The van der Waals surface area contributed by atoms with Crippen LogP contribution in [-0.4, -0.2) is 16.5 Å². The molecule has 0 saturated carbocycles. The number of benzene rings is 2. The summed E-state index contributed by atoms with van der Waals surface area (Å²) < 4.78 is 5.82. The number of hydrogen-bond donors (Lipinski definition) is 2. The first kappa shape index (κ1) is 14.1. The van der Waals surface area contributed by atoms with E-state index in [2.05, 4.69) is 28.3 Å². The van der Waals surface area contributed by atoms with Crippen LogP contribution in [0.1, 0.15) is 13.3 Å². The van der Waals surface area contributed by atoms with E-state index in [4.69, 9.17) is 10.5 Å². The van der Waals surface area contributed by atoms with Crippen LogP contribution in [0.4, 0.5) is 11.5 Å². The average Bonchev–Trinajstić information content (AvgIpc) is 2.55. The standard InChI is InChI=1S/C17H18N4O/c1-2-9-19-16-15(18)17(21-11-20-16)22-14-8-7-12-5-3-4-6-13(12)10-14/h3-8,10-11H,2,9,18H2,1H3,(H,19,20,21). The maximum Gasteiger partial charge on any atom is 0.248 e. The number of nitrogen functional groups attached to an aromatic ring is 1. The van der Waals surface area contributed by atoms with Crippen LogP contribution in [0.25, 0.3) is 10.8 Å². The Morgan fingerprint density at radius 2 is 1.91 bits per heavy atom. The monoisotopic (exact) mass is 294 g/mol. The zero-order valence-electron chi connectivity index (χ0n) is 12.4. The van der Waals surface area contributed by atoms with Crippen molar-refractivity contribution in [3.63, 3.8) is 0 Å². The molecular weight excluding hydrogens is 276 g/mol. The molecule has 3 aromatic rings. The third kappa shape index (κ3) is 2.93. The minimum Gasteiger partial charge on any atom is -0.437 e. The SMILES string of the molecule is CCCNc1ncnc(Oc2ccc3ccccc3c2)c1N. The van der Waals surface area contributed by atoms with Gasteiger partial charge in [-0.25, -0.2) is 4.98 Å². The zero-order valence-corrected chi connectivity index (χ0v) is 12.4. The van der Waals surface area contributed by atoms with E-state index in [0.717, 1.165) is 23.7 Å². The lowest BCUT2D eigenvalue weighted by Crippen LogP contribution is -2.07. The fraction of sp³-hybridized carbons (Fsp3) is 0.176. The molecule has 0 aliphatic rings. The Kier molecular flexibility index (Phi) is 4.05. The predicted octanol–water partition coefficient (Wildman–Crippen LogP) is 3.83. The maximum absolute atomic E-state index is 6.07. The Morgan fingerprint density at radius 1 is 1.09 bits per heavy atom. The van der Waals surface area contributed by atoms with Crippen molar-refractivity contribution in [1.82, 2.24) is 9.97 Å². The van der Waals surface area contributed by atoms with E-state index in [0.29, 0.717) is 23.1 Å². The molecule has 1 aromatic heterocycles. The lowest BCUT2D eigenvalue weighted by Gasteiger charge is -2.11. The second kappa shape index (κ2) is 6.30. The highest BCUT2D eigenvalue weighted by molar-refractivity contribution is 5.83. The number of hydrogen-bond acceptors (Lipinski definition) is 5. The molecule has 5 heteroatoms. The van der Waals surface area contributed by atoms with Crippen LogP contribution in [0.2, 0.25) is 0 Å². The average molecular weight is 294 g/mol. The van der Waals surface area contributed by atoms with Gasteiger partial charge in [-0.3, -0.25) is 0 Å². The van der Waals surface area contributed by atoms with Gasteiger partial charge in [-0.2, -0.15) is 4.98 Å². The fourth-order valence-corrected chi connectivity index (χ4v) is 2.19. The van der Waals surface area contributed by atoms with Crippen molar-refractivity contribution in [2.24, 2.45) is 0 Å². The largest absolute Gasteiger partial charge is 0.437 e. The Morgan fingerprint density at radius 3 is 2.73 bits per heavy atom. The summed E-state index contributed by atoms with van der Waals surface area (Å²) in [5, 5.41) is 5.43. The van der Waals surface area contributed by atoms with E-state index >= 15 is 0 Å². The molecule has 0 fully saturated rings. The Labute approximate surface area is 129 Å². The maximum atomic E-state index is 6.07. The van der Waals surface area contributed by atoms with Crippen LogP contribution < -0.4 is 15.8 Å². The number of anilines is 2. The van der Waals surface area contributed by atoms with Gasteiger partial charge < -0.3 is 15.8 Å². The zero-order chi connectivity index (χ0) is 15.4. The molecule has 0 spiro atoms. The molecule has 1 heterocycles. The third-order valence-corrected chi connectivity index (χ3v) is 3.33. The Hall–Kier alpha value is -2.82. The summed E-state index contributed by atoms with van der Waals surface area (Å²) in [5.41, 5.74) is 6.49. The van der Waals surface area contributed by atoms with Crippen molar-refractivity contribution < 1.29 is 4.74 Å². The molecule has 3 N–H and O–H groups in total. The highest BCUT2D eigenvalue weighted by Gasteiger charge is 2.10. The second-order valence-electron chi connectivity index (χ2n) is 4.98. The summed E-state index contributed by atoms with van der Waals surface area (Å²) in [6.07, 6.45) is 2.44. The number of ether oxygens (including phenoxy) is 1. The molecule has 0 bridgehead atoms. The van der Waals surface area contributed by atoms with Gasteiger partial charge in [-0.05, 0) is 29.3 Å². The molecule has 0 aliphatic carbocycles. The van der Waals surface area contributed by atoms with Gasteiger partial charge in [0.15, 0.2) is 5.82 Å². The predicted molar refractivity (Wildman–Crippen MR) is 89.2 cm³/mol. The summed E-state index contributed by atoms with van der Waals surface area (Å²) in [7, 11) is 0. The number of fused-ring (bicyclic) bond motifs is 1. The second-order valence-corrected chi connectivity index (χ2v) is 4.98. The normalized spacial score (nSPS) is 10.6. The highest BCUT2D eigenvalue weighted by Crippen LogP contribution is 2.30. The lowest BCUT2D eigenvalue weighted by molar-refractivity contribution is 0.465. The van der Waals surface area contributed by atoms with Crippen molar-refractivity contribution >= 4 is 22.3 Å². The van der Waals surface area contributed by atoms with Crippen molar-refractivity contribution in [1.29, 1.82) is 0 Å². The highest BCUT2D eigenvalue weighted by atomic mass is 16.5. The van der Waals surface area contributed by atoms with Gasteiger partial charge >= 0.3 is 0 Å². The summed E-state index contributed by atoms with van der Waals surface area (Å²) in [6.45, 7) is 2.88. The number of nitrogens with zero attached hydrogens (tertiary/aromatic N) is 2. The fourth-order valence-electron chi connectivity index (χ4n) is 2.19. The molecule has 3 rings (SSSR count). The van der Waals surface area contributed by atoms with Crippen LogP contribution in [0.15, 0.2) is 48.8 Å². The van der Waals surface area contributed by atoms with Crippen LogP contribution >= 0.6 is 0 Å². The smallest absolute Gasteiger partial charge is 0.248 e. The van der Waals surface area contributed by atoms with E-state index in [-0.39, 0.29) is 0 Å². The molecule has 0 saturated heterocycles. The van der Waals surface area contributed by atoms with Crippen LogP contribution in [-0.2, 0) is 0 Å². The number of aromatic nitrogens is 2. The van der Waals surface area contributed by atoms with Gasteiger partial charge in [0.1, 0.15) is 17.8 Å². The van der Waals surface area contributed by atoms with Crippen LogP contribution in [0.3, 0.4) is 0 Å². The van der Waals surface area contributed by atoms with Crippen molar-refractivity contribution in [3.8, 4) is 11.6 Å². The van der Waals surface area contributed by atoms with Gasteiger partial charge in [-0.1, -0.05) is 37.3 Å². The summed E-state index contributed by atoms with van der Waals surface area (Å²) in [6, 6.07) is 14.0. The molecule has 2 aromatic carbocycles. The van der Waals surface area contributed by atoms with Crippen LogP contribution in [0, 0.1) is 0 Å². The number of nitrogens with one attached hydrogen (secondary N) is 1. The molecule has 5 nitrogen and oxygen atoms in total. The molecule has 0 aliphatic heterocycles. The molecule has 0 unspecified atom stereocenters. The van der Waals surface area contributed by atoms with Gasteiger partial charge in [-0.15, -0.1) is 0 Å². The van der Waals surface area contributed by atoms with E-state index in [1.807, 2.05) is 36.4 Å². The van der Waals surface area contributed by atoms with Crippen molar-refractivity contribution in [3.05, 3.63) is 48.8 Å². The van der Waals surface area contributed by atoms with Gasteiger partial charge in [0.25, 0.3) is 0 Å². The van der Waals surface area contributed by atoms with Gasteiger partial charge in [0.2, 0.25) is 5.88 Å². The van der Waals surface area contributed by atoms with Crippen molar-refractivity contribution in [2.75, 3.05) is 17.6 Å². The van der Waals surface area contributed by atoms with E-state index < -0.39 is 0 Å². The summed E-state index contributed by atoms with van der Waals surface area (Å²) in [5.74, 6) is 1.67. The first-order valence-corrected chi connectivity index (χ1v) is 7.29. The van der Waals surface area contributed by atoms with E-state index in [1.165, 1.54) is 6.33 Å². The Bertz CT molecular complexity index is 788. The minimum absolute atomic E-state index is 0.365. The number of nitrogens with two attached hydrogens (primary N) is 1. The third-order valence-electron chi connectivity index (χ3n) is 3.33. The van der Waals surface area contributed by atoms with E-state index in [1.54, 1.807) is 0 Å². The minimum atomic E-state index is 0.365. The van der Waals surface area contributed by atoms with Crippen LogP contribution in [0.5, 0.6) is 11.6 Å². The molecule has 112 valence electrons. The molecule has 0 atom stereocenters. The molecular formula is C17H18N4O. The van der Waals surface area contributed by atoms with Crippen molar-refractivity contribution in [2.45, 2.75) is 13.3 Å². The molecule has 0 radical (unpaired) electrons. The topological polar surface area (TPSA) is 73.1 Å². The molecule has 0 amide bonds. The quantitative estimate of drug-likeness (QED) is 0.748. The number of rotatable bonds is 5.